The maximum absolute atomic E-state index is 13.4. The summed E-state index contributed by atoms with van der Waals surface area (Å²) in [6.07, 6.45) is 6.92. The van der Waals surface area contributed by atoms with Gasteiger partial charge in [0, 0.05) is 30.8 Å². The smallest absolute Gasteiger partial charge is 0.254 e. The molecule has 1 aliphatic rings. The second-order valence-corrected chi connectivity index (χ2v) is 9.98. The molecular weight excluding hydrogens is 502 g/mol. The van der Waals surface area contributed by atoms with E-state index in [9.17, 15) is 4.79 Å². The highest BCUT2D eigenvalue weighted by Gasteiger charge is 2.25. The molecule has 0 heterocycles. The molecule has 0 unspecified atom stereocenters. The molecule has 3 aromatic rings. The third kappa shape index (κ3) is 6.57. The molecule has 3 aromatic carbocycles. The molecule has 6 heteroatoms. The Labute approximate surface area is 216 Å². The summed E-state index contributed by atoms with van der Waals surface area (Å²) in [6.45, 7) is 3.51. The van der Waals surface area contributed by atoms with Gasteiger partial charge in [-0.25, -0.2) is 0 Å². The molecule has 1 saturated carbocycles. The van der Waals surface area contributed by atoms with Crippen LogP contribution in [0.3, 0.4) is 0 Å². The molecule has 0 saturated heterocycles. The third-order valence-corrected chi connectivity index (χ3v) is 7.14. The Hall–Kier alpha value is -2.99. The number of carbonyl (C=O) groups excluding carboxylic acids is 1. The van der Waals surface area contributed by atoms with Crippen molar-refractivity contribution in [1.29, 1.82) is 0 Å². The molecule has 4 rings (SSSR count). The molecule has 184 valence electrons. The molecule has 0 aromatic heterocycles. The average Bonchev–Trinajstić information content (AvgIpc) is 2.89. The number of nitrogens with one attached hydrogen (secondary N) is 1. The predicted molar refractivity (Wildman–Crippen MR) is 147 cm³/mol. The lowest BCUT2D eigenvalue weighted by Crippen LogP contribution is -2.42. The van der Waals surface area contributed by atoms with Crippen molar-refractivity contribution in [3.63, 3.8) is 0 Å². The van der Waals surface area contributed by atoms with E-state index < -0.39 is 0 Å². The molecule has 0 atom stereocenters. The van der Waals surface area contributed by atoms with E-state index >= 15 is 0 Å². The highest BCUT2D eigenvalue weighted by molar-refractivity contribution is 9.10. The van der Waals surface area contributed by atoms with Crippen LogP contribution in [0.4, 0.5) is 11.4 Å². The average molecular weight is 537 g/mol. The van der Waals surface area contributed by atoms with Gasteiger partial charge in [0.15, 0.2) is 0 Å². The van der Waals surface area contributed by atoms with Gasteiger partial charge in [-0.15, -0.1) is 0 Å². The van der Waals surface area contributed by atoms with Gasteiger partial charge >= 0.3 is 0 Å². The van der Waals surface area contributed by atoms with Crippen molar-refractivity contribution in [3.8, 4) is 11.5 Å². The zero-order valence-corrected chi connectivity index (χ0v) is 21.9. The van der Waals surface area contributed by atoms with Crippen molar-refractivity contribution in [2.24, 2.45) is 0 Å². The van der Waals surface area contributed by atoms with Crippen molar-refractivity contribution in [2.45, 2.75) is 58.0 Å². The first-order valence-corrected chi connectivity index (χ1v) is 13.3. The number of amides is 1. The Bertz CT molecular complexity index is 1140. The number of ether oxygens (including phenoxy) is 1. The molecule has 0 spiro atoms. The molecule has 1 amide bonds. The van der Waals surface area contributed by atoms with E-state index in [1.165, 1.54) is 19.3 Å². The Morgan fingerprint density at radius 1 is 1.06 bits per heavy atom. The Kier molecular flexibility index (Phi) is 8.69. The van der Waals surface area contributed by atoms with Crippen LogP contribution in [0.25, 0.3) is 0 Å². The monoisotopic (exact) mass is 535 g/mol. The summed E-state index contributed by atoms with van der Waals surface area (Å²) in [7, 11) is 0. The van der Waals surface area contributed by atoms with Gasteiger partial charge in [-0.3, -0.25) is 4.79 Å². The van der Waals surface area contributed by atoms with E-state index in [4.69, 9.17) is 10.5 Å². The standard InChI is InChI=1S/C29H34BrN3O2/c1-2-17-33(23-11-4-3-5-12-23)29(34)22-10-8-9-21(18-22)20-32-27-19-24(15-16-26(27)31)35-28-14-7-6-13-25(28)30/h6-10,13-16,18-19,23,32H,2-5,11-12,17,20,31H2,1H3. The molecule has 1 aliphatic carbocycles. The summed E-state index contributed by atoms with van der Waals surface area (Å²) in [5.74, 6) is 1.58. The van der Waals surface area contributed by atoms with Crippen molar-refractivity contribution in [2.75, 3.05) is 17.6 Å². The van der Waals surface area contributed by atoms with Gasteiger partial charge < -0.3 is 20.7 Å². The Morgan fingerprint density at radius 3 is 2.63 bits per heavy atom. The molecule has 0 bridgehead atoms. The lowest BCUT2D eigenvalue weighted by Gasteiger charge is -2.34. The van der Waals surface area contributed by atoms with E-state index in [1.54, 1.807) is 0 Å². The molecular formula is C29H34BrN3O2. The topological polar surface area (TPSA) is 67.6 Å². The lowest BCUT2D eigenvalue weighted by atomic mass is 9.93. The van der Waals surface area contributed by atoms with E-state index in [1.807, 2.05) is 66.7 Å². The fourth-order valence-electron chi connectivity index (χ4n) is 4.67. The molecule has 0 aliphatic heterocycles. The highest BCUT2D eigenvalue weighted by atomic mass is 79.9. The van der Waals surface area contributed by atoms with Crippen LogP contribution in [0.2, 0.25) is 0 Å². The number of halogens is 1. The number of anilines is 2. The second-order valence-electron chi connectivity index (χ2n) is 9.13. The van der Waals surface area contributed by atoms with Gasteiger partial charge in [0.2, 0.25) is 0 Å². The number of carbonyl (C=O) groups is 1. The van der Waals surface area contributed by atoms with E-state index in [0.29, 0.717) is 24.0 Å². The van der Waals surface area contributed by atoms with Crippen LogP contribution in [-0.4, -0.2) is 23.4 Å². The number of para-hydroxylation sites is 1. The number of hydrogen-bond acceptors (Lipinski definition) is 4. The molecule has 35 heavy (non-hydrogen) atoms. The minimum Gasteiger partial charge on any atom is -0.456 e. The van der Waals surface area contributed by atoms with Crippen LogP contribution in [0.5, 0.6) is 11.5 Å². The third-order valence-electron chi connectivity index (χ3n) is 6.49. The Balaban J connectivity index is 1.45. The van der Waals surface area contributed by atoms with Gasteiger partial charge in [0.25, 0.3) is 5.91 Å². The number of benzene rings is 3. The predicted octanol–water partition coefficient (Wildman–Crippen LogP) is 7.62. The summed E-state index contributed by atoms with van der Waals surface area (Å²) in [5, 5.41) is 3.41. The summed E-state index contributed by atoms with van der Waals surface area (Å²) in [6, 6.07) is 21.6. The number of rotatable bonds is 9. The minimum atomic E-state index is 0.143. The number of nitrogens with two attached hydrogens (primary N) is 1. The van der Waals surface area contributed by atoms with Gasteiger partial charge in [0.05, 0.1) is 15.8 Å². The van der Waals surface area contributed by atoms with Gasteiger partial charge in [-0.1, -0.05) is 50.5 Å². The maximum atomic E-state index is 13.4. The van der Waals surface area contributed by atoms with Crippen molar-refractivity contribution < 1.29 is 9.53 Å². The number of hydrogen-bond donors (Lipinski definition) is 2. The van der Waals surface area contributed by atoms with E-state index in [0.717, 1.165) is 52.8 Å². The largest absolute Gasteiger partial charge is 0.456 e. The second kappa shape index (κ2) is 12.1. The molecule has 5 nitrogen and oxygen atoms in total. The molecule has 1 fully saturated rings. The zero-order valence-electron chi connectivity index (χ0n) is 20.3. The first-order valence-electron chi connectivity index (χ1n) is 12.5. The van der Waals surface area contributed by atoms with Crippen molar-refractivity contribution >= 4 is 33.2 Å². The quantitative estimate of drug-likeness (QED) is 0.276. The van der Waals surface area contributed by atoms with Gasteiger partial charge in [-0.2, -0.15) is 0 Å². The zero-order chi connectivity index (χ0) is 24.6. The van der Waals surface area contributed by atoms with Gasteiger partial charge in [-0.05, 0) is 77.2 Å². The number of nitrogens with zero attached hydrogens (tertiary/aromatic N) is 1. The number of nitrogen functional groups attached to an aromatic ring is 1. The van der Waals surface area contributed by atoms with Crippen LogP contribution in [0, 0.1) is 0 Å². The summed E-state index contributed by atoms with van der Waals surface area (Å²) in [5.41, 5.74) is 9.44. The van der Waals surface area contributed by atoms with Crippen LogP contribution in [0.15, 0.2) is 71.2 Å². The first-order chi connectivity index (χ1) is 17.0. The van der Waals surface area contributed by atoms with Crippen molar-refractivity contribution in [3.05, 3.63) is 82.3 Å². The summed E-state index contributed by atoms with van der Waals surface area (Å²) in [4.78, 5) is 15.5. The van der Waals surface area contributed by atoms with Crippen LogP contribution in [0.1, 0.15) is 61.4 Å². The minimum absolute atomic E-state index is 0.143. The lowest BCUT2D eigenvalue weighted by molar-refractivity contribution is 0.0634. The first kappa shape index (κ1) is 25.1. The van der Waals surface area contributed by atoms with E-state index in [-0.39, 0.29) is 5.91 Å². The normalized spacial score (nSPS) is 13.9. The fourth-order valence-corrected chi connectivity index (χ4v) is 5.03. The SMILES string of the molecule is CCCN(C(=O)c1cccc(CNc2cc(Oc3ccccc3Br)ccc2N)c1)C1CCCCC1. The molecule has 3 N–H and O–H groups in total. The van der Waals surface area contributed by atoms with Crippen LogP contribution in [-0.2, 0) is 6.54 Å². The maximum Gasteiger partial charge on any atom is 0.254 e. The van der Waals surface area contributed by atoms with Crippen LogP contribution < -0.4 is 15.8 Å². The van der Waals surface area contributed by atoms with Gasteiger partial charge in [0.1, 0.15) is 11.5 Å². The van der Waals surface area contributed by atoms with Crippen LogP contribution >= 0.6 is 15.9 Å². The fraction of sp³-hybridized carbons (Fsp3) is 0.345. The molecule has 0 radical (unpaired) electrons. The van der Waals surface area contributed by atoms with E-state index in [2.05, 4.69) is 33.1 Å². The van der Waals surface area contributed by atoms with Crippen molar-refractivity contribution in [1.82, 2.24) is 4.90 Å². The highest BCUT2D eigenvalue weighted by Crippen LogP contribution is 2.32. The summed E-state index contributed by atoms with van der Waals surface area (Å²) < 4.78 is 6.91. The Morgan fingerprint density at radius 2 is 1.86 bits per heavy atom. The summed E-state index contributed by atoms with van der Waals surface area (Å²) >= 11 is 3.52.